The van der Waals surface area contributed by atoms with E-state index in [9.17, 15) is 19.8 Å². The second kappa shape index (κ2) is 6.07. The average molecular weight is 353 g/mol. The molecule has 0 radical (unpaired) electrons. The van der Waals surface area contributed by atoms with E-state index in [4.69, 9.17) is 5.41 Å². The molecule has 3 aliphatic rings. The van der Waals surface area contributed by atoms with Gasteiger partial charge in [-0.25, -0.2) is 4.79 Å². The molecule has 0 saturated carbocycles. The minimum absolute atomic E-state index is 0.0874. The normalized spacial score (nSPS) is 33.6. The van der Waals surface area contributed by atoms with Crippen molar-refractivity contribution in [1.82, 2.24) is 9.80 Å². The fourth-order valence-corrected chi connectivity index (χ4v) is 5.48. The van der Waals surface area contributed by atoms with E-state index in [0.29, 0.717) is 5.84 Å². The number of nitrogens with zero attached hydrogens (tertiary/aromatic N) is 2. The van der Waals surface area contributed by atoms with Crippen molar-refractivity contribution < 1.29 is 19.8 Å². The van der Waals surface area contributed by atoms with Gasteiger partial charge in [-0.2, -0.15) is 0 Å². The van der Waals surface area contributed by atoms with Crippen LogP contribution in [0.1, 0.15) is 27.2 Å². The van der Waals surface area contributed by atoms with Crippen LogP contribution in [0.3, 0.4) is 0 Å². The molecule has 3 aliphatic heterocycles. The predicted molar refractivity (Wildman–Crippen MR) is 90.6 cm³/mol. The second-order valence-corrected chi connectivity index (χ2v) is 8.17. The van der Waals surface area contributed by atoms with E-state index < -0.39 is 18.0 Å². The molecule has 0 spiro atoms. The molecule has 24 heavy (non-hydrogen) atoms. The highest BCUT2D eigenvalue weighted by Gasteiger charge is 2.60. The summed E-state index contributed by atoms with van der Waals surface area (Å²) in [5, 5.41) is 27.4. The lowest BCUT2D eigenvalue weighted by atomic mass is 9.79. The van der Waals surface area contributed by atoms with Crippen LogP contribution in [0.25, 0.3) is 0 Å². The summed E-state index contributed by atoms with van der Waals surface area (Å²) in [4.78, 5) is 28.1. The van der Waals surface area contributed by atoms with Crippen LogP contribution >= 0.6 is 11.8 Å². The lowest BCUT2D eigenvalue weighted by Crippen LogP contribution is -2.63. The van der Waals surface area contributed by atoms with Gasteiger partial charge in [-0.15, -0.1) is 11.8 Å². The molecular formula is C16H23N3O4S. The molecule has 3 rings (SSSR count). The van der Waals surface area contributed by atoms with Crippen LogP contribution in [-0.4, -0.2) is 68.2 Å². The van der Waals surface area contributed by atoms with Crippen LogP contribution in [0.2, 0.25) is 0 Å². The maximum absolute atomic E-state index is 12.3. The number of amides is 1. The maximum atomic E-state index is 12.3. The Kier molecular flexibility index (Phi) is 4.37. The summed E-state index contributed by atoms with van der Waals surface area (Å²) >= 11 is 1.53. The number of aliphatic hydroxyl groups is 1. The van der Waals surface area contributed by atoms with Crippen LogP contribution < -0.4 is 0 Å². The number of aliphatic hydroxyl groups excluding tert-OH is 1. The predicted octanol–water partition coefficient (Wildman–Crippen LogP) is 0.945. The molecule has 3 heterocycles. The SMILES string of the molecule is CC(=N)N1CC[C@@H](SC2=C(C(=O)O)N3C(=O)[C@H]([C@@H](C)O)[C@H]3[C@H]2C)C1. The van der Waals surface area contributed by atoms with Crippen molar-refractivity contribution in [3.63, 3.8) is 0 Å². The number of hydrogen-bond donors (Lipinski definition) is 3. The molecule has 1 amide bonds. The van der Waals surface area contributed by atoms with E-state index in [2.05, 4.69) is 0 Å². The molecule has 0 aromatic rings. The quantitative estimate of drug-likeness (QED) is 0.395. The smallest absolute Gasteiger partial charge is 0.353 e. The molecule has 7 nitrogen and oxygen atoms in total. The topological polar surface area (TPSA) is 105 Å². The Balaban J connectivity index is 1.83. The van der Waals surface area contributed by atoms with E-state index in [1.165, 1.54) is 16.7 Å². The molecule has 0 aromatic carbocycles. The number of carboxylic acids is 1. The fraction of sp³-hybridized carbons (Fsp3) is 0.688. The van der Waals surface area contributed by atoms with E-state index in [-0.39, 0.29) is 28.8 Å². The first-order valence-electron chi connectivity index (χ1n) is 8.19. The van der Waals surface area contributed by atoms with Gasteiger partial charge in [0.2, 0.25) is 5.91 Å². The lowest BCUT2D eigenvalue weighted by Gasteiger charge is -2.46. The van der Waals surface area contributed by atoms with Crippen LogP contribution in [0.15, 0.2) is 10.6 Å². The molecule has 0 aromatic heterocycles. The number of rotatable bonds is 4. The number of aliphatic carboxylic acids is 1. The molecule has 5 atom stereocenters. The van der Waals surface area contributed by atoms with E-state index in [1.807, 2.05) is 11.8 Å². The van der Waals surface area contributed by atoms with E-state index in [1.54, 1.807) is 13.8 Å². The van der Waals surface area contributed by atoms with Gasteiger partial charge in [0.1, 0.15) is 5.70 Å². The Morgan fingerprint density at radius 2 is 2.12 bits per heavy atom. The average Bonchev–Trinajstić information content (AvgIpc) is 3.03. The number of fused-ring (bicyclic) bond motifs is 1. The Bertz CT molecular complexity index is 633. The number of thioether (sulfide) groups is 1. The van der Waals surface area contributed by atoms with E-state index >= 15 is 0 Å². The molecule has 2 saturated heterocycles. The van der Waals surface area contributed by atoms with Gasteiger partial charge in [-0.3, -0.25) is 10.2 Å². The number of amidine groups is 1. The van der Waals surface area contributed by atoms with Crippen LogP contribution in [0.5, 0.6) is 0 Å². The zero-order chi connectivity index (χ0) is 17.8. The standard InChI is InChI=1S/C16H23N3O4S/c1-7-12-11(8(2)20)15(21)19(12)13(16(22)23)14(7)24-10-4-5-18(6-10)9(3)17/h7-8,10-12,17,20H,4-6H2,1-3H3,(H,22,23)/t7-,8-,10-,11-,12-/m1/s1. The molecule has 8 heteroatoms. The highest BCUT2D eigenvalue weighted by Crippen LogP contribution is 2.51. The Morgan fingerprint density at radius 3 is 2.62 bits per heavy atom. The summed E-state index contributed by atoms with van der Waals surface area (Å²) in [6.45, 7) is 6.80. The first-order valence-corrected chi connectivity index (χ1v) is 9.07. The number of carbonyl (C=O) groups excluding carboxylic acids is 1. The van der Waals surface area contributed by atoms with Gasteiger partial charge in [0.05, 0.1) is 23.9 Å². The molecule has 0 unspecified atom stereocenters. The van der Waals surface area contributed by atoms with Gasteiger partial charge < -0.3 is 20.0 Å². The number of carboxylic acid groups (broad SMARTS) is 1. The van der Waals surface area contributed by atoms with Gasteiger partial charge in [0, 0.05) is 29.2 Å². The van der Waals surface area contributed by atoms with E-state index in [0.717, 1.165) is 24.4 Å². The zero-order valence-electron chi connectivity index (χ0n) is 14.0. The number of likely N-dealkylation sites (tertiary alicyclic amines) is 1. The Hall–Kier alpha value is -1.54. The minimum Gasteiger partial charge on any atom is -0.477 e. The summed E-state index contributed by atoms with van der Waals surface area (Å²) in [5.41, 5.74) is 0.0874. The second-order valence-electron chi connectivity index (χ2n) is 6.83. The summed E-state index contributed by atoms with van der Waals surface area (Å²) in [5.74, 6) is -1.45. The lowest BCUT2D eigenvalue weighted by molar-refractivity contribution is -0.163. The first-order chi connectivity index (χ1) is 11.2. The molecule has 3 N–H and O–H groups in total. The Labute approximate surface area is 145 Å². The molecule has 0 aliphatic carbocycles. The van der Waals surface area contributed by atoms with Crippen molar-refractivity contribution in [3.05, 3.63) is 10.6 Å². The third kappa shape index (κ3) is 2.52. The summed E-state index contributed by atoms with van der Waals surface area (Å²) in [7, 11) is 0. The van der Waals surface area contributed by atoms with Crippen LogP contribution in [0, 0.1) is 17.2 Å². The fourth-order valence-electron chi connectivity index (χ4n) is 3.99. The largest absolute Gasteiger partial charge is 0.477 e. The summed E-state index contributed by atoms with van der Waals surface area (Å²) < 4.78 is 0. The van der Waals surface area contributed by atoms with Crippen LogP contribution in [0.4, 0.5) is 0 Å². The number of β-lactam (4-membered cyclic amide) rings is 1. The highest BCUT2D eigenvalue weighted by atomic mass is 32.2. The van der Waals surface area contributed by atoms with Gasteiger partial charge in [0.25, 0.3) is 0 Å². The number of carbonyl (C=O) groups is 2. The van der Waals surface area contributed by atoms with Crippen molar-refractivity contribution in [1.29, 1.82) is 5.41 Å². The third-order valence-electron chi connectivity index (χ3n) is 5.22. The highest BCUT2D eigenvalue weighted by molar-refractivity contribution is 8.03. The number of hydrogen-bond acceptors (Lipinski definition) is 5. The van der Waals surface area contributed by atoms with Gasteiger partial charge in [-0.1, -0.05) is 6.92 Å². The Morgan fingerprint density at radius 1 is 1.46 bits per heavy atom. The van der Waals surface area contributed by atoms with Crippen molar-refractivity contribution in [2.75, 3.05) is 13.1 Å². The molecule has 0 bridgehead atoms. The molecule has 2 fully saturated rings. The maximum Gasteiger partial charge on any atom is 0.353 e. The van der Waals surface area contributed by atoms with Crippen molar-refractivity contribution in [3.8, 4) is 0 Å². The van der Waals surface area contributed by atoms with Crippen LogP contribution in [-0.2, 0) is 9.59 Å². The number of nitrogens with one attached hydrogen (secondary N) is 1. The van der Waals surface area contributed by atoms with Crippen molar-refractivity contribution >= 4 is 29.5 Å². The van der Waals surface area contributed by atoms with Gasteiger partial charge >= 0.3 is 5.97 Å². The van der Waals surface area contributed by atoms with Crippen molar-refractivity contribution in [2.24, 2.45) is 11.8 Å². The molecular weight excluding hydrogens is 330 g/mol. The summed E-state index contributed by atoms with van der Waals surface area (Å²) in [6, 6.07) is -0.256. The third-order valence-corrected chi connectivity index (χ3v) is 6.76. The monoisotopic (exact) mass is 353 g/mol. The zero-order valence-corrected chi connectivity index (χ0v) is 14.8. The van der Waals surface area contributed by atoms with Gasteiger partial charge in [-0.05, 0) is 20.3 Å². The molecule has 132 valence electrons. The first kappa shape index (κ1) is 17.3. The van der Waals surface area contributed by atoms with Gasteiger partial charge in [0.15, 0.2) is 0 Å². The minimum atomic E-state index is -1.08. The summed E-state index contributed by atoms with van der Waals surface area (Å²) in [6.07, 6.45) is 0.116. The van der Waals surface area contributed by atoms with Crippen molar-refractivity contribution in [2.45, 2.75) is 44.6 Å².